The molecule has 0 fully saturated rings. The van der Waals surface area contributed by atoms with Gasteiger partial charge in [0.2, 0.25) is 0 Å². The van der Waals surface area contributed by atoms with Gasteiger partial charge in [-0.25, -0.2) is 0 Å². The molecule has 0 aliphatic carbocycles. The molecule has 148 valence electrons. The molecule has 1 N–H and O–H groups in total. The Morgan fingerprint density at radius 2 is 1.38 bits per heavy atom. The van der Waals surface area contributed by atoms with Crippen molar-refractivity contribution in [2.45, 2.75) is 20.0 Å². The van der Waals surface area contributed by atoms with E-state index in [0.29, 0.717) is 36.1 Å². The summed E-state index contributed by atoms with van der Waals surface area (Å²) in [5, 5.41) is 3.26. The highest BCUT2D eigenvalue weighted by Gasteiger charge is 2.17. The average molecular weight is 405 g/mol. The Hall–Kier alpha value is -3.18. The minimum atomic E-state index is -0.273. The molecular formula is C24H24N2O2S. The molecule has 0 radical (unpaired) electrons. The van der Waals surface area contributed by atoms with Crippen LogP contribution in [0.1, 0.15) is 28.4 Å². The molecular weight excluding hydrogens is 380 g/mol. The monoisotopic (exact) mass is 404 g/mol. The number of carbonyl (C=O) groups is 1. The second-order valence-corrected chi connectivity index (χ2v) is 6.90. The summed E-state index contributed by atoms with van der Waals surface area (Å²) in [7, 11) is 0. The first-order valence-corrected chi connectivity index (χ1v) is 9.98. The predicted molar refractivity (Wildman–Crippen MR) is 120 cm³/mol. The van der Waals surface area contributed by atoms with Gasteiger partial charge in [0, 0.05) is 13.1 Å². The fourth-order valence-corrected chi connectivity index (χ4v) is 3.21. The van der Waals surface area contributed by atoms with Crippen molar-refractivity contribution in [1.29, 1.82) is 0 Å². The van der Waals surface area contributed by atoms with Crippen LogP contribution in [0.15, 0.2) is 84.9 Å². The predicted octanol–water partition coefficient (Wildman–Crippen LogP) is 4.80. The van der Waals surface area contributed by atoms with Crippen LogP contribution in [0.2, 0.25) is 0 Å². The van der Waals surface area contributed by atoms with E-state index in [9.17, 15) is 4.79 Å². The van der Waals surface area contributed by atoms with Crippen LogP contribution in [0.3, 0.4) is 0 Å². The maximum Gasteiger partial charge on any atom is 0.261 e. The van der Waals surface area contributed by atoms with Gasteiger partial charge in [0.15, 0.2) is 5.11 Å². The van der Waals surface area contributed by atoms with Crippen LogP contribution >= 0.6 is 12.2 Å². The van der Waals surface area contributed by atoms with Crippen molar-refractivity contribution >= 4 is 23.2 Å². The highest BCUT2D eigenvalue weighted by atomic mass is 32.1. The van der Waals surface area contributed by atoms with Crippen molar-refractivity contribution in [2.75, 3.05) is 6.61 Å². The number of amides is 1. The van der Waals surface area contributed by atoms with E-state index in [0.717, 1.165) is 11.1 Å². The molecule has 5 heteroatoms. The molecule has 0 atom stereocenters. The smallest absolute Gasteiger partial charge is 0.261 e. The molecule has 1 amide bonds. The lowest BCUT2D eigenvalue weighted by atomic mass is 10.1. The maximum atomic E-state index is 12.9. The first-order valence-electron chi connectivity index (χ1n) is 9.57. The summed E-state index contributed by atoms with van der Waals surface area (Å²) in [4.78, 5) is 14.8. The number of para-hydroxylation sites is 1. The van der Waals surface area contributed by atoms with Crippen LogP contribution in [0.25, 0.3) is 0 Å². The number of benzene rings is 3. The van der Waals surface area contributed by atoms with Crippen LogP contribution in [0.4, 0.5) is 0 Å². The van der Waals surface area contributed by atoms with E-state index in [1.54, 1.807) is 12.1 Å². The Morgan fingerprint density at radius 3 is 1.93 bits per heavy atom. The quantitative estimate of drug-likeness (QED) is 0.574. The summed E-state index contributed by atoms with van der Waals surface area (Å²) >= 11 is 5.61. The Labute approximate surface area is 177 Å². The molecule has 3 rings (SSSR count). The first kappa shape index (κ1) is 20.6. The molecule has 0 saturated heterocycles. The van der Waals surface area contributed by atoms with Crippen LogP contribution in [0, 0.1) is 0 Å². The molecule has 4 nitrogen and oxygen atoms in total. The molecule has 0 spiro atoms. The Balaban J connectivity index is 1.77. The van der Waals surface area contributed by atoms with Crippen molar-refractivity contribution in [1.82, 2.24) is 10.2 Å². The summed E-state index contributed by atoms with van der Waals surface area (Å²) < 4.78 is 5.57. The van der Waals surface area contributed by atoms with Gasteiger partial charge in [0.1, 0.15) is 5.75 Å². The minimum Gasteiger partial charge on any atom is -0.493 e. The molecule has 0 saturated carbocycles. The summed E-state index contributed by atoms with van der Waals surface area (Å²) in [5.41, 5.74) is 2.71. The minimum absolute atomic E-state index is 0.273. The Morgan fingerprint density at radius 1 is 0.862 bits per heavy atom. The van der Waals surface area contributed by atoms with Gasteiger partial charge in [0.25, 0.3) is 5.91 Å². The zero-order valence-corrected chi connectivity index (χ0v) is 17.2. The van der Waals surface area contributed by atoms with Gasteiger partial charge < -0.3 is 9.64 Å². The van der Waals surface area contributed by atoms with Gasteiger partial charge in [-0.1, -0.05) is 72.8 Å². The van der Waals surface area contributed by atoms with Gasteiger partial charge >= 0.3 is 0 Å². The summed E-state index contributed by atoms with van der Waals surface area (Å²) in [6, 6.07) is 27.3. The topological polar surface area (TPSA) is 41.6 Å². The number of hydrogen-bond acceptors (Lipinski definition) is 3. The van der Waals surface area contributed by atoms with Crippen molar-refractivity contribution in [3.05, 3.63) is 102 Å². The molecule has 3 aromatic rings. The molecule has 0 heterocycles. The normalized spacial score (nSPS) is 10.2. The molecule has 0 bridgehead atoms. The zero-order valence-electron chi connectivity index (χ0n) is 16.4. The summed E-state index contributed by atoms with van der Waals surface area (Å²) in [6.45, 7) is 3.58. The average Bonchev–Trinajstić information content (AvgIpc) is 2.75. The number of hydrogen-bond donors (Lipinski definition) is 1. The second kappa shape index (κ2) is 10.4. The van der Waals surface area contributed by atoms with Crippen LogP contribution in [0.5, 0.6) is 5.75 Å². The molecule has 3 aromatic carbocycles. The van der Waals surface area contributed by atoms with Gasteiger partial charge in [0.05, 0.1) is 12.2 Å². The van der Waals surface area contributed by atoms with Crippen molar-refractivity contribution in [3.63, 3.8) is 0 Å². The van der Waals surface area contributed by atoms with E-state index in [4.69, 9.17) is 17.0 Å². The first-order chi connectivity index (χ1) is 14.2. The molecule has 0 aliphatic rings. The number of rotatable bonds is 7. The molecule has 0 aromatic heterocycles. The van der Waals surface area contributed by atoms with Crippen molar-refractivity contribution in [3.8, 4) is 5.75 Å². The number of thiocarbonyl (C=S) groups is 1. The Kier molecular flexibility index (Phi) is 7.36. The summed E-state index contributed by atoms with van der Waals surface area (Å²) in [6.07, 6.45) is 0. The van der Waals surface area contributed by atoms with E-state index >= 15 is 0 Å². The van der Waals surface area contributed by atoms with Gasteiger partial charge in [-0.2, -0.15) is 0 Å². The van der Waals surface area contributed by atoms with Crippen LogP contribution in [-0.2, 0) is 13.1 Å². The molecule has 29 heavy (non-hydrogen) atoms. The van der Waals surface area contributed by atoms with Gasteiger partial charge in [-0.15, -0.1) is 0 Å². The second-order valence-electron chi connectivity index (χ2n) is 6.52. The van der Waals surface area contributed by atoms with E-state index in [-0.39, 0.29) is 5.91 Å². The van der Waals surface area contributed by atoms with Crippen molar-refractivity contribution < 1.29 is 9.53 Å². The lowest BCUT2D eigenvalue weighted by Gasteiger charge is -2.26. The molecule has 0 unspecified atom stereocenters. The number of carbonyl (C=O) groups excluding carboxylic acids is 1. The number of nitrogens with zero attached hydrogens (tertiary/aromatic N) is 1. The largest absolute Gasteiger partial charge is 0.493 e. The van der Waals surface area contributed by atoms with Gasteiger partial charge in [-0.3, -0.25) is 10.1 Å². The lowest BCUT2D eigenvalue weighted by Crippen LogP contribution is -2.42. The van der Waals surface area contributed by atoms with Crippen molar-refractivity contribution in [2.24, 2.45) is 0 Å². The fraction of sp³-hybridized carbons (Fsp3) is 0.167. The van der Waals surface area contributed by atoms with E-state index < -0.39 is 0 Å². The fourth-order valence-electron chi connectivity index (χ4n) is 2.99. The standard InChI is InChI=1S/C24H24N2O2S/c1-2-28-22-16-10-9-15-21(22)23(27)25-24(29)26(17-19-11-5-3-6-12-19)18-20-13-7-4-8-14-20/h3-16H,2,17-18H2,1H3,(H,25,27,29). The third-order valence-corrected chi connectivity index (χ3v) is 4.73. The van der Waals surface area contributed by atoms with Crippen LogP contribution in [-0.4, -0.2) is 22.5 Å². The third-order valence-electron chi connectivity index (χ3n) is 4.37. The maximum absolute atomic E-state index is 12.9. The lowest BCUT2D eigenvalue weighted by molar-refractivity contribution is 0.0969. The molecule has 0 aliphatic heterocycles. The highest BCUT2D eigenvalue weighted by molar-refractivity contribution is 7.80. The highest BCUT2D eigenvalue weighted by Crippen LogP contribution is 2.18. The number of ether oxygens (including phenoxy) is 1. The van der Waals surface area contributed by atoms with E-state index in [2.05, 4.69) is 5.32 Å². The SMILES string of the molecule is CCOc1ccccc1C(=O)NC(=S)N(Cc1ccccc1)Cc1ccccc1. The van der Waals surface area contributed by atoms with Crippen LogP contribution < -0.4 is 10.1 Å². The number of nitrogens with one attached hydrogen (secondary N) is 1. The Bertz CT molecular complexity index is 904. The zero-order chi connectivity index (χ0) is 20.5. The van der Waals surface area contributed by atoms with E-state index in [1.165, 1.54) is 0 Å². The third kappa shape index (κ3) is 5.90. The summed E-state index contributed by atoms with van der Waals surface area (Å²) in [5.74, 6) is 0.276. The van der Waals surface area contributed by atoms with E-state index in [1.807, 2.05) is 84.6 Å². The van der Waals surface area contributed by atoms with Gasteiger partial charge in [-0.05, 0) is 42.4 Å².